The Hall–Kier alpha value is -2.10. The number of carbonyl (C=O) groups is 1. The van der Waals surface area contributed by atoms with E-state index in [0.29, 0.717) is 0 Å². The third kappa shape index (κ3) is 2.33. The van der Waals surface area contributed by atoms with Crippen LogP contribution in [0.3, 0.4) is 0 Å². The number of hydrogen-bond donors (Lipinski definition) is 1. The van der Waals surface area contributed by atoms with Gasteiger partial charge < -0.3 is 9.88 Å². The van der Waals surface area contributed by atoms with Crippen LogP contribution in [0.2, 0.25) is 0 Å². The van der Waals surface area contributed by atoms with E-state index in [9.17, 15) is 4.79 Å². The highest BCUT2D eigenvalue weighted by atomic mass is 16.2. The summed E-state index contributed by atoms with van der Waals surface area (Å²) >= 11 is 0. The van der Waals surface area contributed by atoms with E-state index in [4.69, 9.17) is 0 Å². The topological polar surface area (TPSA) is 49.0 Å². The van der Waals surface area contributed by atoms with Gasteiger partial charge in [0.15, 0.2) is 0 Å². The zero-order valence-corrected chi connectivity index (χ0v) is 11.9. The molecule has 1 aromatic carbocycles. The summed E-state index contributed by atoms with van der Waals surface area (Å²) in [6.45, 7) is 1.96. The lowest BCUT2D eigenvalue weighted by Gasteiger charge is -2.26. The normalized spacial score (nSPS) is 17.6. The van der Waals surface area contributed by atoms with E-state index in [0.717, 1.165) is 42.2 Å². The standard InChI is InChI=1S/C16H19N3O/c1-11-17-14-9-8-12(10-15(14)18-11)16(20)19(2)13-6-4-3-5-7-13/h3-7,12H,8-10H2,1-2H3,(H,17,18). The number of rotatable bonds is 2. The number of hydrogen-bond acceptors (Lipinski definition) is 2. The molecule has 4 heteroatoms. The Morgan fingerprint density at radius 3 is 2.85 bits per heavy atom. The second-order valence-electron chi connectivity index (χ2n) is 5.42. The number of fused-ring (bicyclic) bond motifs is 1. The number of benzene rings is 1. The van der Waals surface area contributed by atoms with Crippen molar-refractivity contribution in [2.45, 2.75) is 26.2 Å². The van der Waals surface area contributed by atoms with Crippen LogP contribution in [-0.4, -0.2) is 22.9 Å². The summed E-state index contributed by atoms with van der Waals surface area (Å²) in [7, 11) is 1.85. The molecule has 0 bridgehead atoms. The van der Waals surface area contributed by atoms with Gasteiger partial charge in [-0.2, -0.15) is 0 Å². The molecular weight excluding hydrogens is 250 g/mol. The van der Waals surface area contributed by atoms with Gasteiger partial charge >= 0.3 is 0 Å². The Bertz CT molecular complexity index is 618. The van der Waals surface area contributed by atoms with Crippen molar-refractivity contribution in [2.24, 2.45) is 5.92 Å². The van der Waals surface area contributed by atoms with Gasteiger partial charge in [-0.05, 0) is 31.9 Å². The van der Waals surface area contributed by atoms with E-state index < -0.39 is 0 Å². The average Bonchev–Trinajstić information content (AvgIpc) is 2.85. The van der Waals surface area contributed by atoms with Crippen molar-refractivity contribution in [1.82, 2.24) is 9.97 Å². The monoisotopic (exact) mass is 269 g/mol. The first-order valence-corrected chi connectivity index (χ1v) is 7.02. The van der Waals surface area contributed by atoms with Crippen LogP contribution in [0.4, 0.5) is 5.69 Å². The van der Waals surface area contributed by atoms with E-state index >= 15 is 0 Å². The molecule has 20 heavy (non-hydrogen) atoms. The first-order chi connectivity index (χ1) is 9.65. The second kappa shape index (κ2) is 5.12. The number of nitrogens with zero attached hydrogens (tertiary/aromatic N) is 2. The SMILES string of the molecule is Cc1nc2c([nH]1)CC(C(=O)N(C)c1ccccc1)CC2. The van der Waals surface area contributed by atoms with Gasteiger partial charge in [-0.3, -0.25) is 4.79 Å². The molecule has 1 aliphatic carbocycles. The van der Waals surface area contributed by atoms with E-state index in [2.05, 4.69) is 9.97 Å². The number of H-pyrrole nitrogens is 1. The lowest BCUT2D eigenvalue weighted by atomic mass is 9.88. The molecule has 1 aromatic heterocycles. The number of nitrogens with one attached hydrogen (secondary N) is 1. The fraction of sp³-hybridized carbons (Fsp3) is 0.375. The molecule has 1 heterocycles. The van der Waals surface area contributed by atoms with Crippen LogP contribution >= 0.6 is 0 Å². The van der Waals surface area contributed by atoms with Crippen LogP contribution in [0.15, 0.2) is 30.3 Å². The Morgan fingerprint density at radius 2 is 2.10 bits per heavy atom. The maximum atomic E-state index is 12.6. The maximum absolute atomic E-state index is 12.6. The third-order valence-electron chi connectivity index (χ3n) is 3.99. The van der Waals surface area contributed by atoms with Gasteiger partial charge in [-0.15, -0.1) is 0 Å². The molecule has 0 fully saturated rings. The van der Waals surface area contributed by atoms with E-state index in [1.54, 1.807) is 4.90 Å². The highest BCUT2D eigenvalue weighted by Gasteiger charge is 2.29. The van der Waals surface area contributed by atoms with Crippen molar-refractivity contribution in [1.29, 1.82) is 0 Å². The van der Waals surface area contributed by atoms with Gasteiger partial charge in [0.1, 0.15) is 5.82 Å². The fourth-order valence-corrected chi connectivity index (χ4v) is 2.89. The van der Waals surface area contributed by atoms with Crippen molar-refractivity contribution in [3.8, 4) is 0 Å². The first-order valence-electron chi connectivity index (χ1n) is 7.02. The lowest BCUT2D eigenvalue weighted by Crippen LogP contribution is -2.35. The van der Waals surface area contributed by atoms with Gasteiger partial charge in [0, 0.05) is 30.8 Å². The number of amides is 1. The predicted molar refractivity (Wildman–Crippen MR) is 78.7 cm³/mol. The van der Waals surface area contributed by atoms with Crippen molar-refractivity contribution < 1.29 is 4.79 Å². The van der Waals surface area contributed by atoms with Gasteiger partial charge in [0.05, 0.1) is 5.69 Å². The predicted octanol–water partition coefficient (Wildman–Crippen LogP) is 2.49. The van der Waals surface area contributed by atoms with E-state index in [1.807, 2.05) is 44.3 Å². The lowest BCUT2D eigenvalue weighted by molar-refractivity contribution is -0.122. The Labute approximate surface area is 118 Å². The highest BCUT2D eigenvalue weighted by molar-refractivity contribution is 5.94. The number of para-hydroxylation sites is 1. The number of aryl methyl sites for hydroxylation is 2. The van der Waals surface area contributed by atoms with Crippen LogP contribution in [0.1, 0.15) is 23.6 Å². The summed E-state index contributed by atoms with van der Waals surface area (Å²) < 4.78 is 0. The van der Waals surface area contributed by atoms with Crippen LogP contribution < -0.4 is 4.90 Å². The minimum absolute atomic E-state index is 0.0487. The molecule has 104 valence electrons. The van der Waals surface area contributed by atoms with Gasteiger partial charge in [0.2, 0.25) is 5.91 Å². The Balaban J connectivity index is 1.76. The van der Waals surface area contributed by atoms with Crippen LogP contribution in [0.25, 0.3) is 0 Å². The number of aromatic amines is 1. The number of aromatic nitrogens is 2. The van der Waals surface area contributed by atoms with Crippen molar-refractivity contribution in [3.63, 3.8) is 0 Å². The molecular formula is C16H19N3O. The molecule has 2 aromatic rings. The minimum Gasteiger partial charge on any atom is -0.346 e. The van der Waals surface area contributed by atoms with E-state index in [1.165, 1.54) is 0 Å². The average molecular weight is 269 g/mol. The largest absolute Gasteiger partial charge is 0.346 e. The van der Waals surface area contributed by atoms with Crippen molar-refractivity contribution >= 4 is 11.6 Å². The maximum Gasteiger partial charge on any atom is 0.230 e. The first kappa shape index (κ1) is 12.9. The fourth-order valence-electron chi connectivity index (χ4n) is 2.89. The third-order valence-corrected chi connectivity index (χ3v) is 3.99. The zero-order valence-electron chi connectivity index (χ0n) is 11.9. The van der Waals surface area contributed by atoms with Crippen molar-refractivity contribution in [2.75, 3.05) is 11.9 Å². The molecule has 0 radical (unpaired) electrons. The summed E-state index contributed by atoms with van der Waals surface area (Å²) in [5.74, 6) is 1.18. The summed E-state index contributed by atoms with van der Waals surface area (Å²) in [6.07, 6.45) is 2.54. The molecule has 4 nitrogen and oxygen atoms in total. The number of carbonyl (C=O) groups excluding carboxylic acids is 1. The number of imidazole rings is 1. The van der Waals surface area contributed by atoms with E-state index in [-0.39, 0.29) is 11.8 Å². The molecule has 1 aliphatic rings. The molecule has 1 N–H and O–H groups in total. The Kier molecular flexibility index (Phi) is 3.30. The molecule has 0 aliphatic heterocycles. The van der Waals surface area contributed by atoms with Crippen LogP contribution in [0.5, 0.6) is 0 Å². The van der Waals surface area contributed by atoms with Crippen LogP contribution in [0, 0.1) is 12.8 Å². The highest BCUT2D eigenvalue weighted by Crippen LogP contribution is 2.26. The molecule has 3 rings (SSSR count). The molecule has 0 spiro atoms. The molecule has 0 saturated heterocycles. The van der Waals surface area contributed by atoms with Crippen molar-refractivity contribution in [3.05, 3.63) is 47.5 Å². The Morgan fingerprint density at radius 1 is 1.35 bits per heavy atom. The zero-order chi connectivity index (χ0) is 14.1. The van der Waals surface area contributed by atoms with Crippen LogP contribution in [-0.2, 0) is 17.6 Å². The van der Waals surface area contributed by atoms with Gasteiger partial charge in [-0.25, -0.2) is 4.98 Å². The molecule has 1 unspecified atom stereocenters. The molecule has 0 saturated carbocycles. The molecule has 1 atom stereocenters. The summed E-state index contributed by atoms with van der Waals surface area (Å²) in [5.41, 5.74) is 3.21. The van der Waals surface area contributed by atoms with Gasteiger partial charge in [-0.1, -0.05) is 18.2 Å². The summed E-state index contributed by atoms with van der Waals surface area (Å²) in [5, 5.41) is 0. The van der Waals surface area contributed by atoms with Gasteiger partial charge in [0.25, 0.3) is 0 Å². The summed E-state index contributed by atoms with van der Waals surface area (Å²) in [4.78, 5) is 22.1. The smallest absolute Gasteiger partial charge is 0.230 e. The summed E-state index contributed by atoms with van der Waals surface area (Å²) in [6, 6.07) is 9.80. The molecule has 1 amide bonds. The minimum atomic E-state index is 0.0487. The number of anilines is 1. The second-order valence-corrected chi connectivity index (χ2v) is 5.42. The quantitative estimate of drug-likeness (QED) is 0.910.